The Hall–Kier alpha value is -0.540. The van der Waals surface area contributed by atoms with Crippen LogP contribution in [-0.2, 0) is 12.8 Å². The second-order valence-corrected chi connectivity index (χ2v) is 6.09. The largest absolute Gasteiger partial charge is 0.493 e. The minimum atomic E-state index is 0.849. The molecule has 0 amide bonds. The lowest BCUT2D eigenvalue weighted by Gasteiger charge is -2.09. The summed E-state index contributed by atoms with van der Waals surface area (Å²) in [6.07, 6.45) is 7.39. The van der Waals surface area contributed by atoms with E-state index in [-0.39, 0.29) is 0 Å². The Morgan fingerprint density at radius 3 is 2.89 bits per heavy atom. The molecule has 2 rings (SSSR count). The summed E-state index contributed by atoms with van der Waals surface area (Å²) < 4.78 is 6.96. The van der Waals surface area contributed by atoms with Gasteiger partial charge in [-0.15, -0.1) is 0 Å². The van der Waals surface area contributed by atoms with Gasteiger partial charge in [0.15, 0.2) is 0 Å². The van der Waals surface area contributed by atoms with Crippen molar-refractivity contribution in [1.29, 1.82) is 0 Å². The highest BCUT2D eigenvalue weighted by Crippen LogP contribution is 2.33. The van der Waals surface area contributed by atoms with Crippen LogP contribution >= 0.6 is 15.9 Å². The van der Waals surface area contributed by atoms with Crippen LogP contribution in [0, 0.1) is 0 Å². The van der Waals surface area contributed by atoms with Crippen LogP contribution in [0.2, 0.25) is 0 Å². The van der Waals surface area contributed by atoms with Crippen LogP contribution in [0.5, 0.6) is 5.75 Å². The van der Waals surface area contributed by atoms with Crippen LogP contribution in [0.1, 0.15) is 43.7 Å². The predicted octanol–water partition coefficient (Wildman–Crippen LogP) is 4.10. The van der Waals surface area contributed by atoms with Crippen molar-refractivity contribution in [3.05, 3.63) is 27.7 Å². The van der Waals surface area contributed by atoms with E-state index in [0.717, 1.165) is 38.3 Å². The van der Waals surface area contributed by atoms with E-state index >= 15 is 0 Å². The van der Waals surface area contributed by atoms with Gasteiger partial charge in [-0.25, -0.2) is 0 Å². The molecule has 106 valence electrons. The van der Waals surface area contributed by atoms with Crippen LogP contribution in [0.15, 0.2) is 16.6 Å². The van der Waals surface area contributed by atoms with Crippen LogP contribution in [0.4, 0.5) is 0 Å². The first-order chi connectivity index (χ1) is 9.31. The molecule has 0 saturated carbocycles. The van der Waals surface area contributed by atoms with E-state index < -0.39 is 0 Å². The fourth-order valence-electron chi connectivity index (χ4n) is 2.63. The average molecular weight is 326 g/mol. The van der Waals surface area contributed by atoms with Crippen LogP contribution in [-0.4, -0.2) is 19.7 Å². The van der Waals surface area contributed by atoms with Gasteiger partial charge in [0.05, 0.1) is 6.61 Å². The summed E-state index contributed by atoms with van der Waals surface area (Å²) in [6, 6.07) is 4.42. The molecule has 0 aromatic heterocycles. The number of fused-ring (bicyclic) bond motifs is 1. The third kappa shape index (κ3) is 4.50. The van der Waals surface area contributed by atoms with E-state index in [9.17, 15) is 0 Å². The van der Waals surface area contributed by atoms with E-state index in [1.807, 2.05) is 0 Å². The highest BCUT2D eigenvalue weighted by Gasteiger charge is 2.16. The minimum absolute atomic E-state index is 0.849. The maximum absolute atomic E-state index is 5.76. The van der Waals surface area contributed by atoms with Crippen molar-refractivity contribution >= 4 is 15.9 Å². The second kappa shape index (κ2) is 7.91. The quantitative estimate of drug-likeness (QED) is 0.726. The molecule has 0 atom stereocenters. The van der Waals surface area contributed by atoms with Gasteiger partial charge in [0.2, 0.25) is 0 Å². The normalized spacial score (nSPS) is 13.4. The number of ether oxygens (including phenoxy) is 1. The second-order valence-electron chi connectivity index (χ2n) is 5.17. The van der Waals surface area contributed by atoms with Crippen LogP contribution in [0.25, 0.3) is 0 Å². The molecule has 0 bridgehead atoms. The molecule has 2 nitrogen and oxygen atoms in total. The van der Waals surface area contributed by atoms with Crippen molar-refractivity contribution in [2.75, 3.05) is 19.7 Å². The molecule has 0 unspecified atom stereocenters. The third-order valence-corrected chi connectivity index (χ3v) is 4.08. The Kier molecular flexibility index (Phi) is 6.18. The molecule has 1 aromatic carbocycles. The first kappa shape index (κ1) is 14.9. The van der Waals surface area contributed by atoms with Crippen molar-refractivity contribution in [3.63, 3.8) is 0 Å². The number of aryl methyl sites for hydroxylation is 1. The van der Waals surface area contributed by atoms with E-state index in [1.54, 1.807) is 0 Å². The van der Waals surface area contributed by atoms with Gasteiger partial charge >= 0.3 is 0 Å². The molecule has 1 N–H and O–H groups in total. The Morgan fingerprint density at radius 2 is 2.05 bits per heavy atom. The number of unbranched alkanes of at least 4 members (excludes halogenated alkanes) is 3. The lowest BCUT2D eigenvalue weighted by molar-refractivity contribution is 0.353. The van der Waals surface area contributed by atoms with E-state index in [1.165, 1.54) is 41.3 Å². The molecule has 1 aliphatic heterocycles. The zero-order valence-corrected chi connectivity index (χ0v) is 13.4. The SMILES string of the molecule is CCNCCCCCCc1cc(Br)cc2c1OCC2. The van der Waals surface area contributed by atoms with Gasteiger partial charge < -0.3 is 10.1 Å². The van der Waals surface area contributed by atoms with E-state index in [0.29, 0.717) is 0 Å². The van der Waals surface area contributed by atoms with Gasteiger partial charge in [0.1, 0.15) is 5.75 Å². The number of halogens is 1. The summed E-state index contributed by atoms with van der Waals surface area (Å²) in [6.45, 7) is 5.25. The Morgan fingerprint density at radius 1 is 1.21 bits per heavy atom. The van der Waals surface area contributed by atoms with Crippen LogP contribution in [0.3, 0.4) is 0 Å². The van der Waals surface area contributed by atoms with Gasteiger partial charge in [-0.2, -0.15) is 0 Å². The maximum Gasteiger partial charge on any atom is 0.125 e. The topological polar surface area (TPSA) is 21.3 Å². The highest BCUT2D eigenvalue weighted by molar-refractivity contribution is 9.10. The number of hydrogen-bond donors (Lipinski definition) is 1. The summed E-state index contributed by atoms with van der Waals surface area (Å²) in [7, 11) is 0. The molecule has 0 radical (unpaired) electrons. The average Bonchev–Trinajstić information content (AvgIpc) is 2.85. The lowest BCUT2D eigenvalue weighted by Crippen LogP contribution is -2.13. The number of rotatable bonds is 8. The molecule has 1 aromatic rings. The Labute approximate surface area is 125 Å². The van der Waals surface area contributed by atoms with Gasteiger partial charge in [0, 0.05) is 10.9 Å². The zero-order valence-electron chi connectivity index (χ0n) is 11.8. The Balaban J connectivity index is 1.74. The summed E-state index contributed by atoms with van der Waals surface area (Å²) in [5.74, 6) is 1.16. The summed E-state index contributed by atoms with van der Waals surface area (Å²) in [5.41, 5.74) is 2.75. The minimum Gasteiger partial charge on any atom is -0.493 e. The molecule has 0 saturated heterocycles. The molecule has 0 spiro atoms. The van der Waals surface area contributed by atoms with Gasteiger partial charge in [-0.3, -0.25) is 0 Å². The fourth-order valence-corrected chi connectivity index (χ4v) is 3.18. The standard InChI is InChI=1S/C16H24BrNO/c1-2-18-9-6-4-3-5-7-13-11-15(17)12-14-8-10-19-16(13)14/h11-12,18H,2-10H2,1H3. The molecule has 3 heteroatoms. The summed E-state index contributed by atoms with van der Waals surface area (Å²) >= 11 is 3.60. The molecule has 1 heterocycles. The number of nitrogens with one attached hydrogen (secondary N) is 1. The molecule has 0 fully saturated rings. The first-order valence-corrected chi connectivity index (χ1v) is 8.25. The summed E-state index contributed by atoms with van der Waals surface area (Å²) in [4.78, 5) is 0. The van der Waals surface area contributed by atoms with Crippen LogP contribution < -0.4 is 10.1 Å². The Bertz CT molecular complexity index is 406. The van der Waals surface area contributed by atoms with Crippen molar-refractivity contribution in [3.8, 4) is 5.75 Å². The van der Waals surface area contributed by atoms with E-state index in [2.05, 4.69) is 40.3 Å². The van der Waals surface area contributed by atoms with Crippen molar-refractivity contribution in [2.45, 2.75) is 45.4 Å². The first-order valence-electron chi connectivity index (χ1n) is 7.46. The van der Waals surface area contributed by atoms with Crippen molar-refractivity contribution in [1.82, 2.24) is 5.32 Å². The predicted molar refractivity (Wildman–Crippen MR) is 84.1 cm³/mol. The summed E-state index contributed by atoms with van der Waals surface area (Å²) in [5, 5.41) is 3.37. The molecule has 1 aliphatic rings. The highest BCUT2D eigenvalue weighted by atomic mass is 79.9. The number of hydrogen-bond acceptors (Lipinski definition) is 2. The van der Waals surface area contributed by atoms with E-state index in [4.69, 9.17) is 4.74 Å². The smallest absolute Gasteiger partial charge is 0.125 e. The molecule has 19 heavy (non-hydrogen) atoms. The van der Waals surface area contributed by atoms with Gasteiger partial charge in [-0.05, 0) is 55.6 Å². The van der Waals surface area contributed by atoms with Crippen molar-refractivity contribution in [2.24, 2.45) is 0 Å². The monoisotopic (exact) mass is 325 g/mol. The van der Waals surface area contributed by atoms with Gasteiger partial charge in [0.25, 0.3) is 0 Å². The molecular formula is C16H24BrNO. The lowest BCUT2D eigenvalue weighted by atomic mass is 10.0. The van der Waals surface area contributed by atoms with Gasteiger partial charge in [-0.1, -0.05) is 35.7 Å². The fraction of sp³-hybridized carbons (Fsp3) is 0.625. The molecule has 0 aliphatic carbocycles. The zero-order chi connectivity index (χ0) is 13.5. The molecular weight excluding hydrogens is 302 g/mol. The number of benzene rings is 1. The van der Waals surface area contributed by atoms with Crippen molar-refractivity contribution < 1.29 is 4.74 Å². The third-order valence-electron chi connectivity index (χ3n) is 3.63. The maximum atomic E-state index is 5.76.